The third-order valence-electron chi connectivity index (χ3n) is 2.67. The van der Waals surface area contributed by atoms with Gasteiger partial charge in [-0.15, -0.1) is 0 Å². The number of methoxy groups -OCH3 is 2. The van der Waals surface area contributed by atoms with Crippen molar-refractivity contribution in [3.8, 4) is 11.8 Å². The molecule has 1 unspecified atom stereocenters. The average molecular weight is 326 g/mol. The van der Waals surface area contributed by atoms with Crippen molar-refractivity contribution in [1.29, 1.82) is 0 Å². The van der Waals surface area contributed by atoms with Gasteiger partial charge in [-0.2, -0.15) is 4.98 Å². The van der Waals surface area contributed by atoms with Crippen LogP contribution in [0.2, 0.25) is 0 Å². The fraction of sp³-hybridized carbons (Fsp3) is 0.533. The fourth-order valence-corrected chi connectivity index (χ4v) is 1.79. The van der Waals surface area contributed by atoms with E-state index in [2.05, 4.69) is 10.3 Å². The van der Waals surface area contributed by atoms with Crippen molar-refractivity contribution in [3.63, 3.8) is 0 Å². The first-order valence-corrected chi connectivity index (χ1v) is 6.94. The summed E-state index contributed by atoms with van der Waals surface area (Å²) in [5, 5.41) is 12.0. The molecule has 0 bridgehead atoms. The highest BCUT2D eigenvalue weighted by Crippen LogP contribution is 2.23. The van der Waals surface area contributed by atoms with Gasteiger partial charge in [0, 0.05) is 12.1 Å². The highest BCUT2D eigenvalue weighted by molar-refractivity contribution is 5.78. The molecule has 0 amide bonds. The van der Waals surface area contributed by atoms with Gasteiger partial charge in [0.1, 0.15) is 11.6 Å². The number of carboxylic acids is 1. The molecule has 128 valence electrons. The van der Waals surface area contributed by atoms with Crippen LogP contribution in [0.1, 0.15) is 32.4 Å². The fourth-order valence-electron chi connectivity index (χ4n) is 1.79. The first-order chi connectivity index (χ1) is 10.7. The second kappa shape index (κ2) is 7.77. The van der Waals surface area contributed by atoms with Crippen LogP contribution < -0.4 is 14.8 Å². The molecule has 1 aromatic rings. The lowest BCUT2D eigenvalue weighted by atomic mass is 10.1. The van der Waals surface area contributed by atoms with Crippen molar-refractivity contribution >= 4 is 11.9 Å². The summed E-state index contributed by atoms with van der Waals surface area (Å²) in [6.07, 6.45) is 0. The molecule has 1 heterocycles. The van der Waals surface area contributed by atoms with Crippen LogP contribution in [-0.2, 0) is 14.3 Å². The van der Waals surface area contributed by atoms with Crippen LogP contribution in [-0.4, -0.2) is 48.4 Å². The van der Waals surface area contributed by atoms with Crippen LogP contribution >= 0.6 is 0 Å². The zero-order valence-electron chi connectivity index (χ0n) is 13.9. The Morgan fingerprint density at radius 2 is 1.74 bits per heavy atom. The van der Waals surface area contributed by atoms with Crippen molar-refractivity contribution in [3.05, 3.63) is 17.7 Å². The van der Waals surface area contributed by atoms with Crippen LogP contribution in [0.3, 0.4) is 0 Å². The van der Waals surface area contributed by atoms with E-state index in [1.54, 1.807) is 20.8 Å². The maximum Gasteiger partial charge on any atom is 0.325 e. The van der Waals surface area contributed by atoms with E-state index in [1.165, 1.54) is 26.4 Å². The zero-order chi connectivity index (χ0) is 17.6. The minimum Gasteiger partial charge on any atom is -0.481 e. The molecule has 1 aromatic heterocycles. The predicted octanol–water partition coefficient (Wildman–Crippen LogP) is 1.16. The number of carboxylic acid groups (broad SMARTS) is 1. The van der Waals surface area contributed by atoms with Crippen LogP contribution in [0, 0.1) is 0 Å². The molecule has 23 heavy (non-hydrogen) atoms. The lowest BCUT2D eigenvalue weighted by molar-refractivity contribution is -0.154. The average Bonchev–Trinajstić information content (AvgIpc) is 2.44. The maximum absolute atomic E-state index is 11.7. The predicted molar refractivity (Wildman–Crippen MR) is 81.6 cm³/mol. The van der Waals surface area contributed by atoms with Crippen molar-refractivity contribution in [2.75, 3.05) is 20.8 Å². The third-order valence-corrected chi connectivity index (χ3v) is 2.67. The molecular weight excluding hydrogens is 304 g/mol. The topological polar surface area (TPSA) is 107 Å². The number of esters is 1. The first kappa shape index (κ1) is 18.7. The van der Waals surface area contributed by atoms with E-state index in [0.717, 1.165) is 0 Å². The van der Waals surface area contributed by atoms with Gasteiger partial charge in [-0.3, -0.25) is 14.9 Å². The summed E-state index contributed by atoms with van der Waals surface area (Å²) >= 11 is 0. The Balaban J connectivity index is 2.91. The Kier molecular flexibility index (Phi) is 6.32. The number of hydrogen-bond acceptors (Lipinski definition) is 7. The number of aliphatic carboxylic acids is 1. The quantitative estimate of drug-likeness (QED) is 0.719. The molecule has 8 heteroatoms. The number of carbonyl (C=O) groups excluding carboxylic acids is 1. The van der Waals surface area contributed by atoms with Gasteiger partial charge in [0.2, 0.25) is 11.8 Å². The van der Waals surface area contributed by atoms with E-state index in [0.29, 0.717) is 5.56 Å². The summed E-state index contributed by atoms with van der Waals surface area (Å²) in [7, 11) is 2.82. The van der Waals surface area contributed by atoms with Crippen LogP contribution in [0.25, 0.3) is 0 Å². The van der Waals surface area contributed by atoms with Crippen molar-refractivity contribution in [2.45, 2.75) is 32.4 Å². The van der Waals surface area contributed by atoms with Gasteiger partial charge >= 0.3 is 11.9 Å². The molecule has 0 aliphatic heterocycles. The summed E-state index contributed by atoms with van der Waals surface area (Å²) in [6, 6.07) is 1.79. The second-order valence-corrected chi connectivity index (χ2v) is 5.72. The standard InChI is InChI=1S/C15H22N2O6/c1-15(2,3)23-12(18)8-16-13(14(19)20)9-6-10(21-4)17-11(7-9)22-5/h6-7,13,16H,8H2,1-5H3,(H,19,20). The molecule has 0 spiro atoms. The van der Waals surface area contributed by atoms with Gasteiger partial charge in [-0.05, 0) is 26.3 Å². The number of aromatic nitrogens is 1. The molecule has 0 saturated carbocycles. The summed E-state index contributed by atoms with van der Waals surface area (Å²) in [5.74, 6) is -1.27. The third kappa shape index (κ3) is 6.11. The Labute approximate surface area is 134 Å². The second-order valence-electron chi connectivity index (χ2n) is 5.72. The molecule has 0 radical (unpaired) electrons. The normalized spacial score (nSPS) is 12.4. The van der Waals surface area contributed by atoms with Crippen LogP contribution in [0.4, 0.5) is 0 Å². The van der Waals surface area contributed by atoms with Gasteiger partial charge in [0.25, 0.3) is 0 Å². The van der Waals surface area contributed by atoms with E-state index < -0.39 is 23.6 Å². The Morgan fingerprint density at radius 3 is 2.13 bits per heavy atom. The number of nitrogens with one attached hydrogen (secondary N) is 1. The van der Waals surface area contributed by atoms with Gasteiger partial charge in [-0.1, -0.05) is 0 Å². The highest BCUT2D eigenvalue weighted by Gasteiger charge is 2.24. The van der Waals surface area contributed by atoms with Crippen molar-refractivity contribution in [2.24, 2.45) is 0 Å². The van der Waals surface area contributed by atoms with Gasteiger partial charge in [-0.25, -0.2) is 0 Å². The van der Waals surface area contributed by atoms with E-state index in [1.807, 2.05) is 0 Å². The Morgan fingerprint density at radius 1 is 1.22 bits per heavy atom. The molecule has 1 atom stereocenters. The monoisotopic (exact) mass is 326 g/mol. The maximum atomic E-state index is 11.7. The van der Waals surface area contributed by atoms with Gasteiger partial charge in [0.15, 0.2) is 0 Å². The lowest BCUT2D eigenvalue weighted by Crippen LogP contribution is -2.36. The molecular formula is C15H22N2O6. The zero-order valence-corrected chi connectivity index (χ0v) is 13.9. The van der Waals surface area contributed by atoms with Crippen LogP contribution in [0.15, 0.2) is 12.1 Å². The van der Waals surface area contributed by atoms with Crippen molar-refractivity contribution < 1.29 is 28.9 Å². The molecule has 0 fully saturated rings. The smallest absolute Gasteiger partial charge is 0.325 e. The van der Waals surface area contributed by atoms with Gasteiger partial charge in [0.05, 0.1) is 20.8 Å². The van der Waals surface area contributed by atoms with E-state index in [4.69, 9.17) is 14.2 Å². The number of pyridine rings is 1. The molecule has 1 rings (SSSR count). The van der Waals surface area contributed by atoms with Crippen LogP contribution in [0.5, 0.6) is 11.8 Å². The Hall–Kier alpha value is -2.35. The number of hydrogen-bond donors (Lipinski definition) is 2. The van der Waals surface area contributed by atoms with Crippen molar-refractivity contribution in [1.82, 2.24) is 10.3 Å². The summed E-state index contributed by atoms with van der Waals surface area (Å²) in [4.78, 5) is 27.2. The number of rotatable bonds is 7. The molecule has 2 N–H and O–H groups in total. The minimum absolute atomic E-state index is 0.213. The van der Waals surface area contributed by atoms with E-state index in [9.17, 15) is 14.7 Å². The van der Waals surface area contributed by atoms with E-state index >= 15 is 0 Å². The van der Waals surface area contributed by atoms with E-state index in [-0.39, 0.29) is 18.3 Å². The largest absolute Gasteiger partial charge is 0.481 e. The Bertz CT molecular complexity index is 545. The molecule has 0 aliphatic carbocycles. The summed E-state index contributed by atoms with van der Waals surface area (Å²) in [5.41, 5.74) is -0.287. The number of nitrogens with zero attached hydrogens (tertiary/aromatic N) is 1. The van der Waals surface area contributed by atoms with Gasteiger partial charge < -0.3 is 19.3 Å². The molecule has 0 aliphatic rings. The highest BCUT2D eigenvalue weighted by atomic mass is 16.6. The molecule has 0 aromatic carbocycles. The summed E-state index contributed by atoms with van der Waals surface area (Å²) < 4.78 is 15.2. The number of ether oxygens (including phenoxy) is 3. The number of carbonyl (C=O) groups is 2. The SMILES string of the molecule is COc1cc(C(NCC(=O)OC(C)(C)C)C(=O)O)cc(OC)n1. The molecule has 0 saturated heterocycles. The first-order valence-electron chi connectivity index (χ1n) is 6.94. The lowest BCUT2D eigenvalue weighted by Gasteiger charge is -2.21. The molecule has 8 nitrogen and oxygen atoms in total. The minimum atomic E-state index is -1.15. The summed E-state index contributed by atoms with van der Waals surface area (Å²) in [6.45, 7) is 4.95.